The molecular weight excluding hydrogens is 234 g/mol. The van der Waals surface area contributed by atoms with Gasteiger partial charge in [-0.15, -0.1) is 10.2 Å². The van der Waals surface area contributed by atoms with Crippen molar-refractivity contribution in [3.05, 3.63) is 53.2 Å². The minimum Gasteiger partial charge on any atom is -0.282 e. The minimum absolute atomic E-state index is 0.684. The van der Waals surface area contributed by atoms with Crippen LogP contribution in [-0.4, -0.2) is 14.6 Å². The van der Waals surface area contributed by atoms with E-state index in [1.807, 2.05) is 53.9 Å². The maximum atomic E-state index is 6.17. The van der Waals surface area contributed by atoms with Gasteiger partial charge in [0.2, 0.25) is 0 Å². The topological polar surface area (TPSA) is 30.2 Å². The Morgan fingerprint density at radius 2 is 1.88 bits per heavy atom. The van der Waals surface area contributed by atoms with Crippen LogP contribution >= 0.6 is 11.6 Å². The van der Waals surface area contributed by atoms with Crippen molar-refractivity contribution in [1.29, 1.82) is 0 Å². The van der Waals surface area contributed by atoms with Gasteiger partial charge in [-0.25, -0.2) is 0 Å². The summed E-state index contributed by atoms with van der Waals surface area (Å²) in [4.78, 5) is 0. The largest absolute Gasteiger partial charge is 0.282 e. The van der Waals surface area contributed by atoms with E-state index in [1.165, 1.54) is 0 Å². The Morgan fingerprint density at radius 1 is 1.06 bits per heavy atom. The predicted molar refractivity (Wildman–Crippen MR) is 68.2 cm³/mol. The van der Waals surface area contributed by atoms with Gasteiger partial charge < -0.3 is 0 Å². The predicted octanol–water partition coefficient (Wildman–Crippen LogP) is 3.36. The molecular formula is C13H10ClN3. The molecule has 0 aliphatic rings. The second kappa shape index (κ2) is 3.86. The van der Waals surface area contributed by atoms with Crippen LogP contribution in [0, 0.1) is 6.92 Å². The summed E-state index contributed by atoms with van der Waals surface area (Å²) in [5.41, 5.74) is 2.88. The standard InChI is InChI=1S/C13H10ClN3/c1-9-6-7-12-15-16-13(17(12)8-9)10-4-2-3-5-11(10)14/h2-8H,1H3. The quantitative estimate of drug-likeness (QED) is 0.656. The van der Waals surface area contributed by atoms with Gasteiger partial charge in [0.1, 0.15) is 0 Å². The molecule has 0 amide bonds. The average molecular weight is 244 g/mol. The number of hydrogen-bond acceptors (Lipinski definition) is 2. The molecule has 3 nitrogen and oxygen atoms in total. The molecule has 0 atom stereocenters. The van der Waals surface area contributed by atoms with Crippen LogP contribution in [0.5, 0.6) is 0 Å². The molecule has 3 rings (SSSR count). The van der Waals surface area contributed by atoms with Crippen molar-refractivity contribution in [3.63, 3.8) is 0 Å². The Hall–Kier alpha value is -1.87. The van der Waals surface area contributed by atoms with Crippen molar-refractivity contribution in [1.82, 2.24) is 14.6 Å². The average Bonchev–Trinajstić information content (AvgIpc) is 2.72. The first kappa shape index (κ1) is 10.3. The number of nitrogens with zero attached hydrogens (tertiary/aromatic N) is 3. The highest BCUT2D eigenvalue weighted by atomic mass is 35.5. The number of aromatic nitrogens is 3. The lowest BCUT2D eigenvalue weighted by atomic mass is 10.2. The zero-order chi connectivity index (χ0) is 11.8. The highest BCUT2D eigenvalue weighted by Gasteiger charge is 2.10. The van der Waals surface area contributed by atoms with Crippen molar-refractivity contribution < 1.29 is 0 Å². The summed E-state index contributed by atoms with van der Waals surface area (Å²) in [6.07, 6.45) is 2.01. The molecule has 1 aromatic carbocycles. The lowest BCUT2D eigenvalue weighted by molar-refractivity contribution is 1.11. The molecule has 0 radical (unpaired) electrons. The number of rotatable bonds is 1. The van der Waals surface area contributed by atoms with Crippen LogP contribution in [0.4, 0.5) is 0 Å². The first-order chi connectivity index (χ1) is 8.25. The van der Waals surface area contributed by atoms with Gasteiger partial charge in [0.05, 0.1) is 5.02 Å². The number of benzene rings is 1. The van der Waals surface area contributed by atoms with Crippen LogP contribution in [-0.2, 0) is 0 Å². The summed E-state index contributed by atoms with van der Waals surface area (Å²) >= 11 is 6.17. The Kier molecular flexibility index (Phi) is 2.34. The molecule has 4 heteroatoms. The lowest BCUT2D eigenvalue weighted by Gasteiger charge is -2.02. The van der Waals surface area contributed by atoms with Gasteiger partial charge in [-0.3, -0.25) is 4.40 Å². The first-order valence-electron chi connectivity index (χ1n) is 5.32. The Bertz CT molecular complexity index is 688. The van der Waals surface area contributed by atoms with Gasteiger partial charge in [0.25, 0.3) is 0 Å². The summed E-state index contributed by atoms with van der Waals surface area (Å²) in [5, 5.41) is 9.01. The zero-order valence-electron chi connectivity index (χ0n) is 9.26. The molecule has 0 fully saturated rings. The third-order valence-electron chi connectivity index (χ3n) is 2.66. The van der Waals surface area contributed by atoms with Crippen molar-refractivity contribution in [2.75, 3.05) is 0 Å². The molecule has 0 unspecified atom stereocenters. The first-order valence-corrected chi connectivity index (χ1v) is 5.70. The summed E-state index contributed by atoms with van der Waals surface area (Å²) in [7, 11) is 0. The number of fused-ring (bicyclic) bond motifs is 1. The Balaban J connectivity index is 2.31. The van der Waals surface area contributed by atoms with Gasteiger partial charge in [-0.05, 0) is 30.7 Å². The highest BCUT2D eigenvalue weighted by molar-refractivity contribution is 6.33. The maximum absolute atomic E-state index is 6.17. The molecule has 0 spiro atoms. The second-order valence-electron chi connectivity index (χ2n) is 3.94. The van der Waals surface area contributed by atoms with Crippen molar-refractivity contribution in [2.45, 2.75) is 6.92 Å². The number of hydrogen-bond donors (Lipinski definition) is 0. The molecule has 2 aromatic heterocycles. The minimum atomic E-state index is 0.684. The lowest BCUT2D eigenvalue weighted by Crippen LogP contribution is -1.90. The fourth-order valence-corrected chi connectivity index (χ4v) is 2.04. The van der Waals surface area contributed by atoms with Crippen LogP contribution in [0.1, 0.15) is 5.56 Å². The molecule has 2 heterocycles. The van der Waals surface area contributed by atoms with Crippen molar-refractivity contribution >= 4 is 17.2 Å². The zero-order valence-corrected chi connectivity index (χ0v) is 10.0. The Labute approximate surface area is 104 Å². The van der Waals surface area contributed by atoms with Crippen molar-refractivity contribution in [2.24, 2.45) is 0 Å². The highest BCUT2D eigenvalue weighted by Crippen LogP contribution is 2.26. The van der Waals surface area contributed by atoms with E-state index >= 15 is 0 Å². The van der Waals surface area contributed by atoms with E-state index in [0.717, 1.165) is 22.6 Å². The Morgan fingerprint density at radius 3 is 2.71 bits per heavy atom. The number of halogens is 1. The monoisotopic (exact) mass is 243 g/mol. The summed E-state index contributed by atoms with van der Waals surface area (Å²) in [6, 6.07) is 11.6. The smallest absolute Gasteiger partial charge is 0.169 e. The number of aryl methyl sites for hydroxylation is 1. The van der Waals surface area contributed by atoms with Crippen LogP contribution < -0.4 is 0 Å². The third kappa shape index (κ3) is 1.68. The summed E-state index contributed by atoms with van der Waals surface area (Å²) in [6.45, 7) is 2.04. The van der Waals surface area contributed by atoms with Crippen LogP contribution in [0.15, 0.2) is 42.6 Å². The third-order valence-corrected chi connectivity index (χ3v) is 2.99. The van der Waals surface area contributed by atoms with E-state index in [1.54, 1.807) is 0 Å². The molecule has 0 N–H and O–H groups in total. The molecule has 3 aromatic rings. The molecule has 0 saturated heterocycles. The molecule has 84 valence electrons. The van der Waals surface area contributed by atoms with Crippen molar-refractivity contribution in [3.8, 4) is 11.4 Å². The fourth-order valence-electron chi connectivity index (χ4n) is 1.82. The van der Waals surface area contributed by atoms with Gasteiger partial charge >= 0.3 is 0 Å². The maximum Gasteiger partial charge on any atom is 0.169 e. The number of pyridine rings is 1. The summed E-state index contributed by atoms with van der Waals surface area (Å²) in [5.74, 6) is 0.773. The molecule has 0 bridgehead atoms. The van der Waals surface area contributed by atoms with E-state index in [2.05, 4.69) is 10.2 Å². The van der Waals surface area contributed by atoms with Gasteiger partial charge in [-0.1, -0.05) is 29.8 Å². The van der Waals surface area contributed by atoms with E-state index in [-0.39, 0.29) is 0 Å². The van der Waals surface area contributed by atoms with E-state index in [9.17, 15) is 0 Å². The van der Waals surface area contributed by atoms with Gasteiger partial charge in [-0.2, -0.15) is 0 Å². The molecule has 17 heavy (non-hydrogen) atoms. The SMILES string of the molecule is Cc1ccc2nnc(-c3ccccc3Cl)n2c1. The molecule has 0 aliphatic carbocycles. The van der Waals surface area contributed by atoms with Crippen LogP contribution in [0.2, 0.25) is 5.02 Å². The normalized spacial score (nSPS) is 10.9. The van der Waals surface area contributed by atoms with Crippen LogP contribution in [0.25, 0.3) is 17.0 Å². The fraction of sp³-hybridized carbons (Fsp3) is 0.0769. The van der Waals surface area contributed by atoms with E-state index < -0.39 is 0 Å². The molecule has 0 saturated carbocycles. The van der Waals surface area contributed by atoms with Gasteiger partial charge in [0.15, 0.2) is 11.5 Å². The second-order valence-corrected chi connectivity index (χ2v) is 4.35. The van der Waals surface area contributed by atoms with E-state index in [4.69, 9.17) is 11.6 Å². The molecule has 0 aliphatic heterocycles. The van der Waals surface area contributed by atoms with Gasteiger partial charge in [0, 0.05) is 11.8 Å². The summed E-state index contributed by atoms with van der Waals surface area (Å²) < 4.78 is 1.95. The van der Waals surface area contributed by atoms with Crippen LogP contribution in [0.3, 0.4) is 0 Å². The van der Waals surface area contributed by atoms with E-state index in [0.29, 0.717) is 5.02 Å².